The minimum Gasteiger partial charge on any atom is -0.492 e. The molecule has 0 aliphatic carbocycles. The van der Waals surface area contributed by atoms with Gasteiger partial charge in [0, 0.05) is 22.9 Å². The number of nitrogens with one attached hydrogen (secondary N) is 3. The van der Waals surface area contributed by atoms with E-state index in [2.05, 4.69) is 31.9 Å². The monoisotopic (exact) mass is 491 g/mol. The van der Waals surface area contributed by atoms with Crippen LogP contribution >= 0.6 is 28.1 Å². The zero-order valence-electron chi connectivity index (χ0n) is 17.3. The number of hydrogen-bond acceptors (Lipinski definition) is 4. The fourth-order valence-corrected chi connectivity index (χ4v) is 3.13. The van der Waals surface area contributed by atoms with E-state index in [0.29, 0.717) is 33.6 Å². The van der Waals surface area contributed by atoms with Gasteiger partial charge in [0.1, 0.15) is 5.75 Å². The summed E-state index contributed by atoms with van der Waals surface area (Å²) in [5, 5.41) is 8.67. The van der Waals surface area contributed by atoms with Crippen LogP contribution in [0, 0.1) is 0 Å². The largest absolute Gasteiger partial charge is 0.492 e. The molecule has 2 amide bonds. The van der Waals surface area contributed by atoms with Crippen molar-refractivity contribution in [2.24, 2.45) is 0 Å². The number of carbonyl (C=O) groups is 2. The van der Waals surface area contributed by atoms with Gasteiger partial charge in [-0.1, -0.05) is 13.8 Å². The Kier molecular flexibility index (Phi) is 9.26. The number of hydrogen-bond donors (Lipinski definition) is 3. The smallest absolute Gasteiger partial charge is 0.257 e. The number of benzene rings is 2. The first kappa shape index (κ1) is 23.8. The molecular formula is C22H26BrN3O3S. The predicted octanol–water partition coefficient (Wildman–Crippen LogP) is 4.89. The number of carbonyl (C=O) groups excluding carboxylic acids is 2. The fourth-order valence-electron chi connectivity index (χ4n) is 2.42. The lowest BCUT2D eigenvalue weighted by atomic mass is 10.1. The minimum atomic E-state index is -0.334. The van der Waals surface area contributed by atoms with E-state index in [4.69, 9.17) is 17.0 Å². The van der Waals surface area contributed by atoms with Crippen molar-refractivity contribution in [3.8, 4) is 5.75 Å². The van der Waals surface area contributed by atoms with Crippen molar-refractivity contribution in [3.05, 3.63) is 58.1 Å². The molecule has 1 atom stereocenters. The summed E-state index contributed by atoms with van der Waals surface area (Å²) >= 11 is 8.64. The van der Waals surface area contributed by atoms with Gasteiger partial charge in [0.2, 0.25) is 0 Å². The van der Waals surface area contributed by atoms with Crippen molar-refractivity contribution in [1.82, 2.24) is 10.6 Å². The second-order valence-corrected chi connectivity index (χ2v) is 8.02. The zero-order chi connectivity index (χ0) is 22.1. The average Bonchev–Trinajstić information content (AvgIpc) is 2.73. The van der Waals surface area contributed by atoms with E-state index in [0.717, 1.165) is 12.8 Å². The number of halogens is 1. The lowest BCUT2D eigenvalue weighted by Gasteiger charge is -2.13. The summed E-state index contributed by atoms with van der Waals surface area (Å²) in [6.45, 7) is 6.61. The number of anilines is 1. The highest BCUT2D eigenvalue weighted by atomic mass is 79.9. The molecule has 8 heteroatoms. The van der Waals surface area contributed by atoms with Gasteiger partial charge in [-0.15, -0.1) is 0 Å². The molecule has 2 aromatic rings. The van der Waals surface area contributed by atoms with Crippen LogP contribution in [0.15, 0.2) is 46.9 Å². The van der Waals surface area contributed by atoms with Gasteiger partial charge < -0.3 is 15.4 Å². The normalized spacial score (nSPS) is 11.3. The van der Waals surface area contributed by atoms with Crippen LogP contribution in [0.5, 0.6) is 5.75 Å². The Morgan fingerprint density at radius 1 is 1.07 bits per heavy atom. The van der Waals surface area contributed by atoms with E-state index in [1.807, 2.05) is 20.8 Å². The molecule has 0 aliphatic heterocycles. The molecule has 3 N–H and O–H groups in total. The molecule has 0 fully saturated rings. The van der Waals surface area contributed by atoms with Gasteiger partial charge in [-0.2, -0.15) is 0 Å². The van der Waals surface area contributed by atoms with Crippen LogP contribution in [-0.4, -0.2) is 29.6 Å². The minimum absolute atomic E-state index is 0.116. The summed E-state index contributed by atoms with van der Waals surface area (Å²) in [7, 11) is 0. The van der Waals surface area contributed by atoms with Crippen LogP contribution in [-0.2, 0) is 0 Å². The molecule has 6 nitrogen and oxygen atoms in total. The van der Waals surface area contributed by atoms with Crippen LogP contribution in [0.4, 0.5) is 5.69 Å². The maximum Gasteiger partial charge on any atom is 0.257 e. The Morgan fingerprint density at radius 2 is 1.73 bits per heavy atom. The Labute approximate surface area is 190 Å². The molecule has 30 heavy (non-hydrogen) atoms. The van der Waals surface area contributed by atoms with Crippen molar-refractivity contribution in [2.75, 3.05) is 11.9 Å². The third-order valence-corrected chi connectivity index (χ3v) is 5.10. The summed E-state index contributed by atoms with van der Waals surface area (Å²) in [4.78, 5) is 24.6. The van der Waals surface area contributed by atoms with Crippen molar-refractivity contribution >= 4 is 50.8 Å². The lowest BCUT2D eigenvalue weighted by Crippen LogP contribution is -2.34. The number of amides is 2. The molecule has 160 valence electrons. The SMILES string of the molecule is CCCOc1ccc(C(=O)NC(=S)Nc2ccc(C(=O)NC(C)CC)cc2)cc1Br. The number of ether oxygens (including phenoxy) is 1. The highest BCUT2D eigenvalue weighted by Crippen LogP contribution is 2.26. The van der Waals surface area contributed by atoms with E-state index in [1.54, 1.807) is 42.5 Å². The quantitative estimate of drug-likeness (QED) is 0.458. The van der Waals surface area contributed by atoms with Gasteiger partial charge >= 0.3 is 0 Å². The molecule has 0 bridgehead atoms. The van der Waals surface area contributed by atoms with Gasteiger partial charge in [0.05, 0.1) is 11.1 Å². The second-order valence-electron chi connectivity index (χ2n) is 6.76. The molecule has 0 aromatic heterocycles. The molecule has 0 spiro atoms. The molecule has 0 saturated carbocycles. The molecule has 0 saturated heterocycles. The maximum absolute atomic E-state index is 12.4. The first-order chi connectivity index (χ1) is 14.3. The van der Waals surface area contributed by atoms with Crippen LogP contribution in [0.3, 0.4) is 0 Å². The number of rotatable bonds is 8. The molecule has 1 unspecified atom stereocenters. The van der Waals surface area contributed by atoms with Crippen LogP contribution < -0.4 is 20.7 Å². The molecule has 0 aliphatic rings. The molecular weight excluding hydrogens is 466 g/mol. The topological polar surface area (TPSA) is 79.5 Å². The lowest BCUT2D eigenvalue weighted by molar-refractivity contribution is 0.0937. The summed E-state index contributed by atoms with van der Waals surface area (Å²) in [5.74, 6) is 0.232. The van der Waals surface area contributed by atoms with E-state index in [-0.39, 0.29) is 23.0 Å². The van der Waals surface area contributed by atoms with Gasteiger partial charge in [-0.25, -0.2) is 0 Å². The third-order valence-electron chi connectivity index (χ3n) is 4.28. The molecule has 2 aromatic carbocycles. The second kappa shape index (κ2) is 11.7. The molecule has 2 rings (SSSR count). The van der Waals surface area contributed by atoms with Gasteiger partial charge in [-0.3, -0.25) is 14.9 Å². The van der Waals surface area contributed by atoms with Gasteiger partial charge in [0.15, 0.2) is 5.11 Å². The van der Waals surface area contributed by atoms with E-state index >= 15 is 0 Å². The van der Waals surface area contributed by atoms with Crippen molar-refractivity contribution in [2.45, 2.75) is 39.7 Å². The molecule has 0 radical (unpaired) electrons. The van der Waals surface area contributed by atoms with Crippen LogP contribution in [0.2, 0.25) is 0 Å². The van der Waals surface area contributed by atoms with E-state index in [9.17, 15) is 9.59 Å². The van der Waals surface area contributed by atoms with Gasteiger partial charge in [0.25, 0.3) is 11.8 Å². The van der Waals surface area contributed by atoms with Gasteiger partial charge in [-0.05, 0) is 90.4 Å². The first-order valence-electron chi connectivity index (χ1n) is 9.79. The summed E-state index contributed by atoms with van der Waals surface area (Å²) < 4.78 is 6.29. The maximum atomic E-state index is 12.4. The van der Waals surface area contributed by atoms with E-state index < -0.39 is 0 Å². The Hall–Kier alpha value is -2.45. The highest BCUT2D eigenvalue weighted by Gasteiger charge is 2.12. The Bertz CT molecular complexity index is 903. The first-order valence-corrected chi connectivity index (χ1v) is 11.0. The van der Waals surface area contributed by atoms with Crippen molar-refractivity contribution < 1.29 is 14.3 Å². The highest BCUT2D eigenvalue weighted by molar-refractivity contribution is 9.10. The van der Waals surface area contributed by atoms with Crippen molar-refractivity contribution in [1.29, 1.82) is 0 Å². The Balaban J connectivity index is 1.93. The predicted molar refractivity (Wildman–Crippen MR) is 127 cm³/mol. The standard InChI is InChI=1S/C22H26BrN3O3S/c1-4-12-29-19-11-8-16(13-18(19)23)21(28)26-22(30)25-17-9-6-15(7-10-17)20(27)24-14(3)5-2/h6-11,13-14H,4-5,12H2,1-3H3,(H,24,27)(H2,25,26,28,30). The third kappa shape index (κ3) is 7.11. The fraction of sp³-hybridized carbons (Fsp3) is 0.318. The summed E-state index contributed by atoms with van der Waals surface area (Å²) in [6.07, 6.45) is 1.77. The summed E-state index contributed by atoms with van der Waals surface area (Å²) in [6, 6.07) is 12.1. The number of thiocarbonyl (C=S) groups is 1. The van der Waals surface area contributed by atoms with E-state index in [1.165, 1.54) is 0 Å². The average molecular weight is 492 g/mol. The molecule has 0 heterocycles. The Morgan fingerprint density at radius 3 is 2.33 bits per heavy atom. The van der Waals surface area contributed by atoms with Crippen molar-refractivity contribution in [3.63, 3.8) is 0 Å². The zero-order valence-corrected chi connectivity index (χ0v) is 19.7. The van der Waals surface area contributed by atoms with Crippen LogP contribution in [0.1, 0.15) is 54.3 Å². The van der Waals surface area contributed by atoms with Crippen LogP contribution in [0.25, 0.3) is 0 Å². The summed E-state index contributed by atoms with van der Waals surface area (Å²) in [5.41, 5.74) is 1.68.